The van der Waals surface area contributed by atoms with Gasteiger partial charge in [-0.2, -0.15) is 0 Å². The van der Waals surface area contributed by atoms with Gasteiger partial charge in [0.25, 0.3) is 0 Å². The second-order valence-electron chi connectivity index (χ2n) is 1.39. The van der Waals surface area contributed by atoms with Crippen molar-refractivity contribution in [3.8, 4) is 0 Å². The molecule has 0 aliphatic heterocycles. The molecule has 0 saturated carbocycles. The van der Waals surface area contributed by atoms with Crippen LogP contribution < -0.4 is 34.7 Å². The number of carboxylic acid groups (broad SMARTS) is 1. The van der Waals surface area contributed by atoms with Crippen molar-refractivity contribution in [2.45, 2.75) is 0 Å². The molecule has 1 aromatic heterocycles. The Labute approximate surface area is 74.4 Å². The van der Waals surface area contributed by atoms with Gasteiger partial charge in [-0.3, -0.25) is 0 Å². The Hall–Kier alpha value is -0.250. The van der Waals surface area contributed by atoms with E-state index in [1.165, 1.54) is 18.5 Å². The number of carbonyl (C=O) groups is 1. The maximum Gasteiger partial charge on any atom is 1.00 e. The zero-order chi connectivity index (χ0) is 5.98. The van der Waals surface area contributed by atoms with Crippen LogP contribution in [-0.2, 0) is 0 Å². The Morgan fingerprint density at radius 1 is 1.67 bits per heavy atom. The third-order valence-corrected chi connectivity index (χ3v) is 0.834. The van der Waals surface area contributed by atoms with Gasteiger partial charge < -0.3 is 14.9 Å². The van der Waals surface area contributed by atoms with Crippen LogP contribution in [0.4, 0.5) is 0 Å². The maximum atomic E-state index is 9.93. The van der Waals surface area contributed by atoms with Crippen LogP contribution in [0.2, 0.25) is 0 Å². The van der Waals surface area contributed by atoms with Gasteiger partial charge in [0.15, 0.2) is 0 Å². The van der Waals surface area contributed by atoms with Gasteiger partial charge in [0, 0.05) is 18.0 Å². The molecule has 42 valence electrons. The number of aromatic carboxylic acids is 1. The molecule has 0 fully saturated rings. The second kappa shape index (κ2) is 3.71. The molecule has 1 rings (SSSR count). The molecule has 0 spiro atoms. The molecule has 1 aromatic rings. The largest absolute Gasteiger partial charge is 1.00 e. The van der Waals surface area contributed by atoms with Gasteiger partial charge in [0.1, 0.15) is 0 Å². The first-order chi connectivity index (χ1) is 3.80. The van der Waals surface area contributed by atoms with E-state index in [1.54, 1.807) is 0 Å². The molecule has 0 radical (unpaired) electrons. The van der Waals surface area contributed by atoms with Crippen LogP contribution in [0.1, 0.15) is 10.4 Å². The van der Waals surface area contributed by atoms with Crippen molar-refractivity contribution in [2.75, 3.05) is 0 Å². The summed E-state index contributed by atoms with van der Waals surface area (Å²) in [5, 5.41) is 9.93. The summed E-state index contributed by atoms with van der Waals surface area (Å²) in [6, 6.07) is 1.44. The first-order valence-corrected chi connectivity index (χ1v) is 2.15. The number of carbonyl (C=O) groups excluding carboxylic acids is 1. The van der Waals surface area contributed by atoms with E-state index in [1.807, 2.05) is 0 Å². The molecule has 0 aromatic carbocycles. The Bertz CT molecular complexity index is 183. The van der Waals surface area contributed by atoms with Crippen LogP contribution in [0.15, 0.2) is 18.5 Å². The number of aromatic amines is 1. The molecule has 0 atom stereocenters. The van der Waals surface area contributed by atoms with Crippen molar-refractivity contribution in [1.82, 2.24) is 4.98 Å². The minimum absolute atomic E-state index is 0. The molecule has 0 unspecified atom stereocenters. The number of hydrogen-bond donors (Lipinski definition) is 1. The number of nitrogens with one attached hydrogen (secondary N) is 1. The first kappa shape index (κ1) is 8.75. The van der Waals surface area contributed by atoms with Gasteiger partial charge in [-0.05, 0) is 6.07 Å². The number of H-pyrrole nitrogens is 1. The number of aromatic nitrogens is 1. The van der Waals surface area contributed by atoms with Crippen molar-refractivity contribution in [2.24, 2.45) is 0 Å². The number of carboxylic acids is 1. The summed E-state index contributed by atoms with van der Waals surface area (Å²) in [4.78, 5) is 12.5. The molecule has 0 aliphatic carbocycles. The normalized spacial score (nSPS) is 8.00. The Morgan fingerprint density at radius 2 is 2.33 bits per heavy atom. The minimum atomic E-state index is -1.15. The van der Waals surface area contributed by atoms with E-state index in [0.29, 0.717) is 0 Å². The van der Waals surface area contributed by atoms with Crippen LogP contribution in [-0.4, -0.2) is 11.0 Å². The number of rotatable bonds is 1. The van der Waals surface area contributed by atoms with Crippen LogP contribution >= 0.6 is 0 Å². The smallest absolute Gasteiger partial charge is 0.545 e. The predicted molar refractivity (Wildman–Crippen MR) is 25.1 cm³/mol. The van der Waals surface area contributed by atoms with E-state index in [4.69, 9.17) is 0 Å². The van der Waals surface area contributed by atoms with E-state index in [9.17, 15) is 9.90 Å². The Balaban J connectivity index is 0.000000640. The molecule has 0 bridgehead atoms. The van der Waals surface area contributed by atoms with Crippen molar-refractivity contribution < 1.29 is 39.5 Å². The molecule has 0 amide bonds. The summed E-state index contributed by atoms with van der Waals surface area (Å²) in [5.74, 6) is -1.15. The van der Waals surface area contributed by atoms with Crippen molar-refractivity contribution >= 4 is 5.97 Å². The first-order valence-electron chi connectivity index (χ1n) is 2.15. The third kappa shape index (κ3) is 2.22. The van der Waals surface area contributed by atoms with Crippen molar-refractivity contribution in [3.63, 3.8) is 0 Å². The molecule has 1 N–H and O–H groups in total. The Morgan fingerprint density at radius 3 is 2.56 bits per heavy atom. The summed E-state index contributed by atoms with van der Waals surface area (Å²) in [5.41, 5.74) is 0.185. The zero-order valence-corrected chi connectivity index (χ0v) is 7.05. The van der Waals surface area contributed by atoms with E-state index in [-0.39, 0.29) is 35.1 Å². The van der Waals surface area contributed by atoms with Gasteiger partial charge in [-0.15, -0.1) is 0 Å². The molecule has 9 heavy (non-hydrogen) atoms. The molecule has 0 saturated heterocycles. The third-order valence-electron chi connectivity index (χ3n) is 0.834. The van der Waals surface area contributed by atoms with Crippen LogP contribution in [0.25, 0.3) is 0 Å². The minimum Gasteiger partial charge on any atom is -0.545 e. The quantitative estimate of drug-likeness (QED) is 0.402. The fourth-order valence-corrected chi connectivity index (χ4v) is 0.451. The van der Waals surface area contributed by atoms with Crippen LogP contribution in [0.3, 0.4) is 0 Å². The van der Waals surface area contributed by atoms with Crippen LogP contribution in [0.5, 0.6) is 0 Å². The van der Waals surface area contributed by atoms with Gasteiger partial charge in [-0.25, -0.2) is 0 Å². The molecular formula is C5H4NNaO2. The summed E-state index contributed by atoms with van der Waals surface area (Å²) in [6.07, 6.45) is 2.90. The molecule has 3 nitrogen and oxygen atoms in total. The van der Waals surface area contributed by atoms with Crippen LogP contribution in [0, 0.1) is 0 Å². The molecule has 1 heterocycles. The molecule has 4 heteroatoms. The van der Waals surface area contributed by atoms with Gasteiger partial charge in [0.05, 0.1) is 5.97 Å². The zero-order valence-electron chi connectivity index (χ0n) is 5.05. The summed E-state index contributed by atoms with van der Waals surface area (Å²) in [7, 11) is 0. The summed E-state index contributed by atoms with van der Waals surface area (Å²) in [6.45, 7) is 0. The standard InChI is InChI=1S/C5H5NO2.Na/c7-5(8)4-1-2-6-3-4;/h1-3,6H,(H,7,8);/q;+1/p-1. The molecular weight excluding hydrogens is 129 g/mol. The van der Waals surface area contributed by atoms with E-state index >= 15 is 0 Å². The second-order valence-corrected chi connectivity index (χ2v) is 1.39. The summed E-state index contributed by atoms with van der Waals surface area (Å²) < 4.78 is 0. The molecule has 0 aliphatic rings. The van der Waals surface area contributed by atoms with E-state index < -0.39 is 5.97 Å². The Kier molecular flexibility index (Phi) is 3.61. The van der Waals surface area contributed by atoms with E-state index in [0.717, 1.165) is 0 Å². The van der Waals surface area contributed by atoms with Gasteiger partial charge in [-0.1, -0.05) is 0 Å². The monoisotopic (exact) mass is 133 g/mol. The van der Waals surface area contributed by atoms with Gasteiger partial charge >= 0.3 is 29.6 Å². The number of hydrogen-bond acceptors (Lipinski definition) is 2. The maximum absolute atomic E-state index is 9.93. The van der Waals surface area contributed by atoms with Crippen molar-refractivity contribution in [3.05, 3.63) is 24.0 Å². The topological polar surface area (TPSA) is 55.9 Å². The van der Waals surface area contributed by atoms with Gasteiger partial charge in [0.2, 0.25) is 0 Å². The summed E-state index contributed by atoms with van der Waals surface area (Å²) >= 11 is 0. The predicted octanol–water partition coefficient (Wildman–Crippen LogP) is -3.62. The average Bonchev–Trinajstić information content (AvgIpc) is 2.12. The fourth-order valence-electron chi connectivity index (χ4n) is 0.451. The van der Waals surface area contributed by atoms with E-state index in [2.05, 4.69) is 4.98 Å². The fraction of sp³-hybridized carbons (Fsp3) is 0. The SMILES string of the molecule is O=C([O-])c1cc[nH]c1.[Na+]. The van der Waals surface area contributed by atoms with Crippen molar-refractivity contribution in [1.29, 1.82) is 0 Å². The average molecular weight is 133 g/mol.